The fraction of sp³-hybridized carbons (Fsp3) is 0.750. The van der Waals surface area contributed by atoms with Crippen molar-refractivity contribution in [3.63, 3.8) is 0 Å². The predicted molar refractivity (Wildman–Crippen MR) is 93.4 cm³/mol. The second-order valence-corrected chi connectivity index (χ2v) is 6.39. The van der Waals surface area contributed by atoms with Gasteiger partial charge in [-0.25, -0.2) is 0 Å². The van der Waals surface area contributed by atoms with Gasteiger partial charge in [-0.15, -0.1) is 0 Å². The van der Waals surface area contributed by atoms with Gasteiger partial charge in [-0.3, -0.25) is 19.2 Å². The van der Waals surface area contributed by atoms with E-state index in [1.807, 2.05) is 20.8 Å². The highest BCUT2D eigenvalue weighted by molar-refractivity contribution is 8.13. The summed E-state index contributed by atoms with van der Waals surface area (Å²) in [6.45, 7) is 8.41. The highest BCUT2D eigenvalue weighted by Crippen LogP contribution is 2.11. The van der Waals surface area contributed by atoms with E-state index in [4.69, 9.17) is 0 Å². The monoisotopic (exact) mass is 360 g/mol. The van der Waals surface area contributed by atoms with E-state index in [1.165, 1.54) is 7.11 Å². The predicted octanol–water partition coefficient (Wildman–Crippen LogP) is 1.21. The highest BCUT2D eigenvalue weighted by atomic mass is 32.2. The number of amides is 2. The molecule has 0 saturated heterocycles. The zero-order valence-electron chi connectivity index (χ0n) is 15.1. The minimum atomic E-state index is -0.794. The molecule has 0 aliphatic heterocycles. The van der Waals surface area contributed by atoms with Crippen molar-refractivity contribution in [2.75, 3.05) is 26.0 Å². The van der Waals surface area contributed by atoms with Gasteiger partial charge in [0, 0.05) is 24.8 Å². The Morgan fingerprint density at radius 3 is 2.17 bits per heavy atom. The molecule has 1 N–H and O–H groups in total. The van der Waals surface area contributed by atoms with Crippen molar-refractivity contribution in [3.05, 3.63) is 0 Å². The van der Waals surface area contributed by atoms with Crippen LogP contribution in [0.15, 0.2) is 0 Å². The molecule has 0 heterocycles. The summed E-state index contributed by atoms with van der Waals surface area (Å²) in [5.41, 5.74) is 0. The molecule has 24 heavy (non-hydrogen) atoms. The molecule has 7 nitrogen and oxygen atoms in total. The number of ether oxygens (including phenoxy) is 1. The van der Waals surface area contributed by atoms with E-state index in [0.29, 0.717) is 19.5 Å². The summed E-state index contributed by atoms with van der Waals surface area (Å²) in [5.74, 6) is -1.19. The highest BCUT2D eigenvalue weighted by Gasteiger charge is 2.27. The minimum absolute atomic E-state index is 0.0906. The van der Waals surface area contributed by atoms with E-state index in [-0.39, 0.29) is 29.9 Å². The van der Waals surface area contributed by atoms with E-state index in [9.17, 15) is 19.2 Å². The molecule has 0 spiro atoms. The lowest BCUT2D eigenvalue weighted by molar-refractivity contribution is -0.142. The second kappa shape index (κ2) is 11.9. The van der Waals surface area contributed by atoms with E-state index < -0.39 is 17.1 Å². The van der Waals surface area contributed by atoms with Crippen LogP contribution in [0, 0.1) is 5.92 Å². The first-order chi connectivity index (χ1) is 11.3. The molecule has 0 aliphatic carbocycles. The van der Waals surface area contributed by atoms with Crippen LogP contribution in [0.1, 0.15) is 40.5 Å². The minimum Gasteiger partial charge on any atom is -0.469 e. The van der Waals surface area contributed by atoms with Crippen molar-refractivity contribution in [1.29, 1.82) is 0 Å². The third-order valence-corrected chi connectivity index (χ3v) is 4.64. The molecule has 0 bridgehead atoms. The van der Waals surface area contributed by atoms with E-state index in [1.54, 1.807) is 11.8 Å². The molecule has 0 fully saturated rings. The normalized spacial score (nSPS) is 12.9. The molecule has 0 aromatic heterocycles. The van der Waals surface area contributed by atoms with Crippen molar-refractivity contribution in [2.45, 2.75) is 46.6 Å². The zero-order chi connectivity index (χ0) is 18.7. The first-order valence-electron chi connectivity index (χ1n) is 8.12. The number of thioether (sulfide) groups is 1. The molecule has 2 atom stereocenters. The van der Waals surface area contributed by atoms with Crippen LogP contribution in [-0.4, -0.2) is 59.8 Å². The van der Waals surface area contributed by atoms with Crippen LogP contribution in [0.2, 0.25) is 0 Å². The van der Waals surface area contributed by atoms with E-state index in [0.717, 1.165) is 11.8 Å². The number of rotatable bonds is 10. The summed E-state index contributed by atoms with van der Waals surface area (Å²) in [5, 5.41) is 2.33. The van der Waals surface area contributed by atoms with Crippen LogP contribution < -0.4 is 5.32 Å². The first kappa shape index (κ1) is 22.4. The third-order valence-electron chi connectivity index (χ3n) is 3.68. The molecule has 0 saturated carbocycles. The number of hydrogen-bond acceptors (Lipinski definition) is 6. The lowest BCUT2D eigenvalue weighted by atomic mass is 10.1. The number of carbonyl (C=O) groups excluding carboxylic acids is 4. The maximum atomic E-state index is 12.5. The number of hydrogen-bond donors (Lipinski definition) is 1. The topological polar surface area (TPSA) is 92.8 Å². The smallest absolute Gasteiger partial charge is 0.313 e. The van der Waals surface area contributed by atoms with Crippen molar-refractivity contribution in [1.82, 2.24) is 10.2 Å². The Labute approximate surface area is 147 Å². The summed E-state index contributed by atoms with van der Waals surface area (Å²) in [6.07, 6.45) is 0.305. The van der Waals surface area contributed by atoms with Crippen LogP contribution in [0.25, 0.3) is 0 Å². The molecule has 0 radical (unpaired) electrons. The standard InChI is InChI=1S/C16H28N2O5S/c1-6-11(4)15(21)17-12(16(22)18(7-2)8-3)10-24-14(20)9-13(19)23-5/h11-12H,6-10H2,1-5H3,(H,17,21). The number of likely N-dealkylation sites (N-methyl/N-ethyl adjacent to an activating group) is 1. The number of methoxy groups -OCH3 is 1. The number of esters is 1. The Morgan fingerprint density at radius 1 is 1.12 bits per heavy atom. The third kappa shape index (κ3) is 7.81. The Hall–Kier alpha value is -1.57. The van der Waals surface area contributed by atoms with Gasteiger partial charge in [-0.1, -0.05) is 25.6 Å². The summed E-state index contributed by atoms with van der Waals surface area (Å²) >= 11 is 0.854. The van der Waals surface area contributed by atoms with Gasteiger partial charge in [0.2, 0.25) is 11.8 Å². The number of carbonyl (C=O) groups is 4. The quantitative estimate of drug-likeness (QED) is 0.465. The van der Waals surface area contributed by atoms with Crippen molar-refractivity contribution in [3.8, 4) is 0 Å². The van der Waals surface area contributed by atoms with Crippen LogP contribution in [0.3, 0.4) is 0 Å². The van der Waals surface area contributed by atoms with Crippen molar-refractivity contribution >= 4 is 34.7 Å². The van der Waals surface area contributed by atoms with Crippen LogP contribution in [0.5, 0.6) is 0 Å². The maximum absolute atomic E-state index is 12.5. The van der Waals surface area contributed by atoms with Gasteiger partial charge < -0.3 is 15.0 Å². The van der Waals surface area contributed by atoms with E-state index >= 15 is 0 Å². The average Bonchev–Trinajstić information content (AvgIpc) is 2.58. The largest absolute Gasteiger partial charge is 0.469 e. The van der Waals surface area contributed by atoms with Gasteiger partial charge in [-0.05, 0) is 20.3 Å². The number of nitrogens with zero attached hydrogens (tertiary/aromatic N) is 1. The van der Waals surface area contributed by atoms with Gasteiger partial charge in [-0.2, -0.15) is 0 Å². The molecular weight excluding hydrogens is 332 g/mol. The van der Waals surface area contributed by atoms with Gasteiger partial charge in [0.05, 0.1) is 7.11 Å². The lowest BCUT2D eigenvalue weighted by Gasteiger charge is -2.26. The van der Waals surface area contributed by atoms with E-state index in [2.05, 4.69) is 10.1 Å². The molecule has 0 aromatic rings. The molecular formula is C16H28N2O5S. The maximum Gasteiger partial charge on any atom is 0.313 e. The summed E-state index contributed by atoms with van der Waals surface area (Å²) in [7, 11) is 1.21. The Morgan fingerprint density at radius 2 is 1.71 bits per heavy atom. The summed E-state index contributed by atoms with van der Waals surface area (Å²) < 4.78 is 4.44. The van der Waals surface area contributed by atoms with Crippen LogP contribution >= 0.6 is 11.8 Å². The van der Waals surface area contributed by atoms with Crippen molar-refractivity contribution < 1.29 is 23.9 Å². The molecule has 0 aromatic carbocycles. The van der Waals surface area contributed by atoms with Crippen LogP contribution in [-0.2, 0) is 23.9 Å². The lowest BCUT2D eigenvalue weighted by Crippen LogP contribution is -2.51. The number of nitrogens with one attached hydrogen (secondary N) is 1. The Balaban J connectivity index is 4.92. The fourth-order valence-corrected chi connectivity index (χ4v) is 2.65. The zero-order valence-corrected chi connectivity index (χ0v) is 15.9. The SMILES string of the molecule is CCC(C)C(=O)NC(CSC(=O)CC(=O)OC)C(=O)N(CC)CC. The molecule has 138 valence electrons. The molecule has 2 unspecified atom stereocenters. The first-order valence-corrected chi connectivity index (χ1v) is 9.10. The molecule has 8 heteroatoms. The molecule has 0 aliphatic rings. The van der Waals surface area contributed by atoms with Crippen molar-refractivity contribution in [2.24, 2.45) is 5.92 Å². The summed E-state index contributed by atoms with van der Waals surface area (Å²) in [6, 6.07) is -0.794. The summed E-state index contributed by atoms with van der Waals surface area (Å²) in [4.78, 5) is 49.1. The second-order valence-electron chi connectivity index (χ2n) is 5.32. The van der Waals surface area contributed by atoms with Gasteiger partial charge >= 0.3 is 5.97 Å². The average molecular weight is 360 g/mol. The van der Waals surface area contributed by atoms with Gasteiger partial charge in [0.25, 0.3) is 0 Å². The van der Waals surface area contributed by atoms with Gasteiger partial charge in [0.1, 0.15) is 12.5 Å². The molecule has 0 rings (SSSR count). The van der Waals surface area contributed by atoms with Gasteiger partial charge in [0.15, 0.2) is 5.12 Å². The molecule has 2 amide bonds. The Kier molecular flexibility index (Phi) is 11.1. The fourth-order valence-electron chi connectivity index (χ4n) is 1.85. The Bertz CT molecular complexity index is 452. The van der Waals surface area contributed by atoms with Crippen LogP contribution in [0.4, 0.5) is 0 Å².